The van der Waals surface area contributed by atoms with E-state index < -0.39 is 11.0 Å². The van der Waals surface area contributed by atoms with E-state index in [0.29, 0.717) is 25.9 Å². The molecule has 2 rings (SSSR count). The lowest BCUT2D eigenvalue weighted by molar-refractivity contribution is -0.120. The van der Waals surface area contributed by atoms with E-state index in [1.807, 2.05) is 34.6 Å². The SMILES string of the molecule is O=C1CCN(S(=O)c2ccccc2)CC1. The molecule has 3 nitrogen and oxygen atoms in total. The first-order valence-electron chi connectivity index (χ1n) is 5.01. The van der Waals surface area contributed by atoms with Crippen LogP contribution in [0, 0.1) is 0 Å². The maximum Gasteiger partial charge on any atom is 0.135 e. The molecule has 0 aliphatic carbocycles. The first kappa shape index (κ1) is 10.5. The molecule has 1 aliphatic rings. The van der Waals surface area contributed by atoms with Crippen molar-refractivity contribution in [2.24, 2.45) is 0 Å². The Balaban J connectivity index is 2.06. The molecule has 0 saturated carbocycles. The Hall–Kier alpha value is -1.00. The molecule has 80 valence electrons. The number of rotatable bonds is 2. The van der Waals surface area contributed by atoms with Gasteiger partial charge in [0.2, 0.25) is 0 Å². The molecule has 0 spiro atoms. The number of benzene rings is 1. The van der Waals surface area contributed by atoms with E-state index in [2.05, 4.69) is 0 Å². The van der Waals surface area contributed by atoms with E-state index in [9.17, 15) is 9.00 Å². The summed E-state index contributed by atoms with van der Waals surface area (Å²) in [5, 5.41) is 0. The van der Waals surface area contributed by atoms with Crippen molar-refractivity contribution in [3.05, 3.63) is 30.3 Å². The fourth-order valence-electron chi connectivity index (χ4n) is 1.59. The van der Waals surface area contributed by atoms with Crippen LogP contribution in [0.25, 0.3) is 0 Å². The van der Waals surface area contributed by atoms with Crippen molar-refractivity contribution in [3.8, 4) is 0 Å². The first-order valence-corrected chi connectivity index (χ1v) is 6.11. The summed E-state index contributed by atoms with van der Waals surface area (Å²) >= 11 is 0. The number of hydrogen-bond donors (Lipinski definition) is 0. The van der Waals surface area contributed by atoms with Crippen molar-refractivity contribution in [1.82, 2.24) is 4.31 Å². The zero-order valence-corrected chi connectivity index (χ0v) is 9.20. The Morgan fingerprint density at radius 1 is 1.07 bits per heavy atom. The zero-order valence-electron chi connectivity index (χ0n) is 8.39. The Kier molecular flexibility index (Phi) is 3.28. The van der Waals surface area contributed by atoms with Crippen LogP contribution in [0.5, 0.6) is 0 Å². The maximum absolute atomic E-state index is 12.0. The van der Waals surface area contributed by atoms with Gasteiger partial charge in [-0.1, -0.05) is 18.2 Å². The molecule has 0 aromatic heterocycles. The Morgan fingerprint density at radius 2 is 1.67 bits per heavy atom. The van der Waals surface area contributed by atoms with E-state index >= 15 is 0 Å². The number of Topliss-reactive ketones (excluding diaryl/α,β-unsaturated/α-hetero) is 1. The predicted molar refractivity (Wildman–Crippen MR) is 58.7 cm³/mol. The normalized spacial score (nSPS) is 20.1. The molecule has 0 bridgehead atoms. The van der Waals surface area contributed by atoms with Gasteiger partial charge in [-0.15, -0.1) is 0 Å². The maximum atomic E-state index is 12.0. The van der Waals surface area contributed by atoms with E-state index in [-0.39, 0.29) is 5.78 Å². The Labute approximate surface area is 91.7 Å². The van der Waals surface area contributed by atoms with Crippen LogP contribution in [0.4, 0.5) is 0 Å². The molecule has 1 aliphatic heterocycles. The average Bonchev–Trinajstić information content (AvgIpc) is 2.30. The fraction of sp³-hybridized carbons (Fsp3) is 0.364. The van der Waals surface area contributed by atoms with Gasteiger partial charge in [0.15, 0.2) is 0 Å². The van der Waals surface area contributed by atoms with Gasteiger partial charge >= 0.3 is 0 Å². The number of hydrogen-bond acceptors (Lipinski definition) is 2. The minimum Gasteiger partial charge on any atom is -0.300 e. The van der Waals surface area contributed by atoms with E-state index in [1.54, 1.807) is 0 Å². The lowest BCUT2D eigenvalue weighted by atomic mass is 10.1. The van der Waals surface area contributed by atoms with Crippen molar-refractivity contribution < 1.29 is 9.00 Å². The summed E-state index contributed by atoms with van der Waals surface area (Å²) in [5.74, 6) is 0.274. The topological polar surface area (TPSA) is 37.4 Å². The smallest absolute Gasteiger partial charge is 0.135 e. The van der Waals surface area contributed by atoms with Gasteiger partial charge in [-0.05, 0) is 12.1 Å². The molecule has 1 heterocycles. The lowest BCUT2D eigenvalue weighted by Crippen LogP contribution is -2.35. The number of nitrogens with zero attached hydrogens (tertiary/aromatic N) is 1. The highest BCUT2D eigenvalue weighted by Gasteiger charge is 2.21. The predicted octanol–water partition coefficient (Wildman–Crippen LogP) is 1.37. The van der Waals surface area contributed by atoms with Gasteiger partial charge in [0.1, 0.15) is 16.8 Å². The third-order valence-corrected chi connectivity index (χ3v) is 3.97. The van der Waals surface area contributed by atoms with Crippen LogP contribution >= 0.6 is 0 Å². The molecule has 1 aromatic carbocycles. The van der Waals surface area contributed by atoms with Crippen LogP contribution in [-0.4, -0.2) is 27.4 Å². The van der Waals surface area contributed by atoms with Crippen LogP contribution in [0.3, 0.4) is 0 Å². The second-order valence-corrected chi connectivity index (χ2v) is 5.02. The summed E-state index contributed by atoms with van der Waals surface area (Å²) in [7, 11) is -1.10. The molecule has 15 heavy (non-hydrogen) atoms. The second kappa shape index (κ2) is 4.68. The van der Waals surface area contributed by atoms with Crippen LogP contribution in [0.2, 0.25) is 0 Å². The summed E-state index contributed by atoms with van der Waals surface area (Å²) in [6.45, 7) is 1.22. The van der Waals surface area contributed by atoms with E-state index in [0.717, 1.165) is 4.90 Å². The van der Waals surface area contributed by atoms with Gasteiger partial charge in [0, 0.05) is 25.9 Å². The highest BCUT2D eigenvalue weighted by molar-refractivity contribution is 7.82. The number of carbonyl (C=O) groups is 1. The van der Waals surface area contributed by atoms with Crippen LogP contribution in [0.15, 0.2) is 35.2 Å². The summed E-state index contributed by atoms with van der Waals surface area (Å²) in [4.78, 5) is 11.9. The molecule has 1 unspecified atom stereocenters. The van der Waals surface area contributed by atoms with Crippen molar-refractivity contribution >= 4 is 16.8 Å². The van der Waals surface area contributed by atoms with Crippen LogP contribution < -0.4 is 0 Å². The molecule has 0 radical (unpaired) electrons. The molecule has 1 fully saturated rings. The monoisotopic (exact) mass is 223 g/mol. The molecule has 4 heteroatoms. The summed E-state index contributed by atoms with van der Waals surface area (Å²) in [5.41, 5.74) is 0. The quantitative estimate of drug-likeness (QED) is 0.759. The summed E-state index contributed by atoms with van der Waals surface area (Å²) in [6, 6.07) is 9.37. The average molecular weight is 223 g/mol. The van der Waals surface area contributed by atoms with E-state index in [1.165, 1.54) is 0 Å². The number of piperidine rings is 1. The molecule has 0 amide bonds. The highest BCUT2D eigenvalue weighted by atomic mass is 32.2. The molecule has 1 saturated heterocycles. The third kappa shape index (κ3) is 2.52. The fourth-order valence-corrected chi connectivity index (χ4v) is 2.79. The second-order valence-electron chi connectivity index (χ2n) is 3.53. The number of ketones is 1. The van der Waals surface area contributed by atoms with Gasteiger partial charge in [-0.2, -0.15) is 0 Å². The minimum absolute atomic E-state index is 0.274. The summed E-state index contributed by atoms with van der Waals surface area (Å²) < 4.78 is 13.9. The largest absolute Gasteiger partial charge is 0.300 e. The zero-order chi connectivity index (χ0) is 10.7. The van der Waals surface area contributed by atoms with E-state index in [4.69, 9.17) is 0 Å². The van der Waals surface area contributed by atoms with Gasteiger partial charge in [-0.25, -0.2) is 8.51 Å². The Bertz CT molecular complexity index is 367. The van der Waals surface area contributed by atoms with Crippen LogP contribution in [0.1, 0.15) is 12.8 Å². The van der Waals surface area contributed by atoms with Crippen LogP contribution in [-0.2, 0) is 15.8 Å². The molecule has 0 N–H and O–H groups in total. The van der Waals surface area contributed by atoms with Crippen molar-refractivity contribution in [3.63, 3.8) is 0 Å². The lowest BCUT2D eigenvalue weighted by Gasteiger charge is -2.24. The van der Waals surface area contributed by atoms with Crippen molar-refractivity contribution in [2.75, 3.05) is 13.1 Å². The van der Waals surface area contributed by atoms with Crippen molar-refractivity contribution in [1.29, 1.82) is 0 Å². The molecule has 1 atom stereocenters. The standard InChI is InChI=1S/C11H13NO2S/c13-10-6-8-12(9-7-10)15(14)11-4-2-1-3-5-11/h1-5H,6-9H2. The Morgan fingerprint density at radius 3 is 2.27 bits per heavy atom. The molecular weight excluding hydrogens is 210 g/mol. The third-order valence-electron chi connectivity index (χ3n) is 2.46. The molecular formula is C11H13NO2S. The van der Waals surface area contributed by atoms with Crippen molar-refractivity contribution in [2.45, 2.75) is 17.7 Å². The summed E-state index contributed by atoms with van der Waals surface area (Å²) in [6.07, 6.45) is 1.05. The number of carbonyl (C=O) groups excluding carboxylic acids is 1. The van der Waals surface area contributed by atoms with Gasteiger partial charge in [0.05, 0.1) is 4.90 Å². The molecule has 1 aromatic rings. The van der Waals surface area contributed by atoms with Gasteiger partial charge in [-0.3, -0.25) is 4.79 Å². The first-order chi connectivity index (χ1) is 7.27. The minimum atomic E-state index is -1.10. The van der Waals surface area contributed by atoms with Gasteiger partial charge in [0.25, 0.3) is 0 Å². The van der Waals surface area contributed by atoms with Gasteiger partial charge < -0.3 is 0 Å². The highest BCUT2D eigenvalue weighted by Crippen LogP contribution is 2.14.